The summed E-state index contributed by atoms with van der Waals surface area (Å²) >= 11 is 0. The van der Waals surface area contributed by atoms with Gasteiger partial charge in [-0.25, -0.2) is 4.98 Å². The van der Waals surface area contributed by atoms with Crippen LogP contribution in [0.2, 0.25) is 0 Å². The lowest BCUT2D eigenvalue weighted by molar-refractivity contribution is -0.119. The highest BCUT2D eigenvalue weighted by Crippen LogP contribution is 2.22. The Labute approximate surface area is 110 Å². The van der Waals surface area contributed by atoms with Gasteiger partial charge in [-0.3, -0.25) is 0 Å². The Bertz CT molecular complexity index is 416. The molecule has 19 heavy (non-hydrogen) atoms. The van der Waals surface area contributed by atoms with Gasteiger partial charge >= 0.3 is 6.18 Å². The van der Waals surface area contributed by atoms with E-state index < -0.39 is 12.7 Å². The van der Waals surface area contributed by atoms with Crippen LogP contribution in [0.25, 0.3) is 0 Å². The van der Waals surface area contributed by atoms with Crippen LogP contribution >= 0.6 is 0 Å². The zero-order valence-corrected chi connectivity index (χ0v) is 10.9. The first-order valence-electron chi connectivity index (χ1n) is 6.48. The lowest BCUT2D eigenvalue weighted by Gasteiger charge is -2.23. The van der Waals surface area contributed by atoms with Gasteiger partial charge in [-0.1, -0.05) is 0 Å². The largest absolute Gasteiger partial charge is 0.405 e. The Morgan fingerprint density at radius 3 is 2.74 bits per heavy atom. The molecule has 0 saturated heterocycles. The number of rotatable bonds is 6. The molecule has 6 heteroatoms. The normalized spacial score (nSPS) is 15.6. The van der Waals surface area contributed by atoms with Gasteiger partial charge in [0.25, 0.3) is 0 Å². The van der Waals surface area contributed by atoms with E-state index in [1.165, 1.54) is 17.7 Å². The van der Waals surface area contributed by atoms with Crippen molar-refractivity contribution in [2.45, 2.75) is 38.5 Å². The van der Waals surface area contributed by atoms with Crippen LogP contribution in [0.1, 0.15) is 25.3 Å². The molecule has 0 aliphatic heterocycles. The first kappa shape index (κ1) is 14.1. The van der Waals surface area contributed by atoms with E-state index in [1.54, 1.807) is 19.2 Å². The molecule has 3 nitrogen and oxygen atoms in total. The maximum atomic E-state index is 12.5. The summed E-state index contributed by atoms with van der Waals surface area (Å²) in [4.78, 5) is 5.27. The van der Waals surface area contributed by atoms with E-state index in [0.717, 1.165) is 5.56 Å². The number of nitrogens with one attached hydrogen (secondary N) is 1. The Kier molecular flexibility index (Phi) is 4.29. The third kappa shape index (κ3) is 4.70. The molecular weight excluding hydrogens is 255 g/mol. The van der Waals surface area contributed by atoms with Gasteiger partial charge in [0.1, 0.15) is 12.4 Å². The van der Waals surface area contributed by atoms with E-state index in [2.05, 4.69) is 10.3 Å². The molecule has 106 valence electrons. The number of halogens is 3. The molecule has 0 aromatic carbocycles. The monoisotopic (exact) mass is 273 g/mol. The van der Waals surface area contributed by atoms with E-state index in [4.69, 9.17) is 0 Å². The molecule has 1 aliphatic carbocycles. The molecule has 2 rings (SSSR count). The molecule has 1 heterocycles. The van der Waals surface area contributed by atoms with Crippen molar-refractivity contribution in [3.05, 3.63) is 23.9 Å². The van der Waals surface area contributed by atoms with E-state index in [1.807, 2.05) is 6.07 Å². The van der Waals surface area contributed by atoms with Crippen LogP contribution in [-0.2, 0) is 6.54 Å². The summed E-state index contributed by atoms with van der Waals surface area (Å²) in [6, 6.07) is 4.14. The van der Waals surface area contributed by atoms with Crippen molar-refractivity contribution in [2.75, 3.05) is 18.0 Å². The predicted molar refractivity (Wildman–Crippen MR) is 68.0 cm³/mol. The van der Waals surface area contributed by atoms with E-state index in [0.29, 0.717) is 18.4 Å². The Hall–Kier alpha value is -1.30. The molecule has 0 amide bonds. The number of nitrogens with zero attached hydrogens (tertiary/aromatic N) is 2. The highest BCUT2D eigenvalue weighted by molar-refractivity contribution is 5.41. The van der Waals surface area contributed by atoms with Gasteiger partial charge in [-0.15, -0.1) is 0 Å². The summed E-state index contributed by atoms with van der Waals surface area (Å²) in [5.74, 6) is 0.384. The molecule has 1 aromatic heterocycles. The maximum Gasteiger partial charge on any atom is 0.405 e. The fourth-order valence-electron chi connectivity index (χ4n) is 1.86. The second-order valence-corrected chi connectivity index (χ2v) is 4.81. The van der Waals surface area contributed by atoms with Gasteiger partial charge in [0.2, 0.25) is 0 Å². The van der Waals surface area contributed by atoms with Gasteiger partial charge in [-0.2, -0.15) is 13.2 Å². The molecule has 1 aromatic rings. The van der Waals surface area contributed by atoms with Crippen LogP contribution in [-0.4, -0.2) is 30.3 Å². The Morgan fingerprint density at radius 1 is 1.42 bits per heavy atom. The minimum Gasteiger partial charge on any atom is -0.348 e. The number of aromatic nitrogens is 1. The summed E-state index contributed by atoms with van der Waals surface area (Å²) in [5, 5.41) is 3.34. The first-order valence-corrected chi connectivity index (χ1v) is 6.48. The second-order valence-electron chi connectivity index (χ2n) is 4.81. The van der Waals surface area contributed by atoms with Crippen molar-refractivity contribution >= 4 is 5.82 Å². The molecule has 0 unspecified atom stereocenters. The number of alkyl halides is 3. The van der Waals surface area contributed by atoms with Crippen LogP contribution in [0.15, 0.2) is 18.3 Å². The minimum atomic E-state index is -4.21. The van der Waals surface area contributed by atoms with Crippen molar-refractivity contribution in [1.82, 2.24) is 10.3 Å². The standard InChI is InChI=1S/C13H18F3N3/c1-2-19(9-13(14,15)16)12-7-10(5-6-17-12)8-18-11-3-4-11/h5-7,11,18H,2-4,8-9H2,1H3. The minimum absolute atomic E-state index is 0.284. The molecular formula is C13H18F3N3. The number of anilines is 1. The van der Waals surface area contributed by atoms with Gasteiger partial charge in [-0.05, 0) is 37.5 Å². The number of hydrogen-bond donors (Lipinski definition) is 1. The molecule has 0 radical (unpaired) electrons. The van der Waals surface area contributed by atoms with Crippen LogP contribution in [0.4, 0.5) is 19.0 Å². The van der Waals surface area contributed by atoms with Gasteiger partial charge in [0, 0.05) is 25.3 Å². The lowest BCUT2D eigenvalue weighted by Crippen LogP contribution is -2.34. The second kappa shape index (κ2) is 5.77. The Balaban J connectivity index is 2.02. The quantitative estimate of drug-likeness (QED) is 0.863. The lowest BCUT2D eigenvalue weighted by atomic mass is 10.2. The van der Waals surface area contributed by atoms with Gasteiger partial charge in [0.15, 0.2) is 0 Å². The molecule has 1 fully saturated rings. The van der Waals surface area contributed by atoms with Crippen LogP contribution in [0, 0.1) is 0 Å². The van der Waals surface area contributed by atoms with Crippen molar-refractivity contribution < 1.29 is 13.2 Å². The zero-order chi connectivity index (χ0) is 13.9. The van der Waals surface area contributed by atoms with Gasteiger partial charge in [0.05, 0.1) is 0 Å². The maximum absolute atomic E-state index is 12.5. The molecule has 1 N–H and O–H groups in total. The number of hydrogen-bond acceptors (Lipinski definition) is 3. The van der Waals surface area contributed by atoms with E-state index >= 15 is 0 Å². The summed E-state index contributed by atoms with van der Waals surface area (Å²) < 4.78 is 37.4. The van der Waals surface area contributed by atoms with Crippen LogP contribution in [0.3, 0.4) is 0 Å². The van der Waals surface area contributed by atoms with Crippen molar-refractivity contribution in [3.63, 3.8) is 0 Å². The Morgan fingerprint density at radius 2 is 2.16 bits per heavy atom. The summed E-state index contributed by atoms with van der Waals surface area (Å²) in [6.45, 7) is 1.70. The van der Waals surface area contributed by atoms with Crippen molar-refractivity contribution in [3.8, 4) is 0 Å². The van der Waals surface area contributed by atoms with Crippen LogP contribution in [0.5, 0.6) is 0 Å². The molecule has 0 spiro atoms. The summed E-state index contributed by atoms with van der Waals surface area (Å²) in [5.41, 5.74) is 0.970. The highest BCUT2D eigenvalue weighted by Gasteiger charge is 2.30. The first-order chi connectivity index (χ1) is 8.98. The molecule has 1 aliphatic rings. The zero-order valence-electron chi connectivity index (χ0n) is 10.9. The smallest absolute Gasteiger partial charge is 0.348 e. The summed E-state index contributed by atoms with van der Waals surface area (Å²) in [6.07, 6.45) is -0.265. The average Bonchev–Trinajstić information content (AvgIpc) is 3.17. The van der Waals surface area contributed by atoms with Gasteiger partial charge < -0.3 is 10.2 Å². The molecule has 0 atom stereocenters. The predicted octanol–water partition coefficient (Wildman–Crippen LogP) is 2.72. The van der Waals surface area contributed by atoms with Crippen molar-refractivity contribution in [1.29, 1.82) is 0 Å². The highest BCUT2D eigenvalue weighted by atomic mass is 19.4. The number of pyridine rings is 1. The molecule has 1 saturated carbocycles. The van der Waals surface area contributed by atoms with Crippen LogP contribution < -0.4 is 10.2 Å². The topological polar surface area (TPSA) is 28.2 Å². The third-order valence-corrected chi connectivity index (χ3v) is 3.06. The summed E-state index contributed by atoms with van der Waals surface area (Å²) in [7, 11) is 0. The van der Waals surface area contributed by atoms with Crippen molar-refractivity contribution in [2.24, 2.45) is 0 Å². The molecule has 0 bridgehead atoms. The third-order valence-electron chi connectivity index (χ3n) is 3.06. The fraction of sp³-hybridized carbons (Fsp3) is 0.615. The average molecular weight is 273 g/mol. The fourth-order valence-corrected chi connectivity index (χ4v) is 1.86. The van der Waals surface area contributed by atoms with E-state index in [-0.39, 0.29) is 6.54 Å². The van der Waals surface area contributed by atoms with E-state index in [9.17, 15) is 13.2 Å². The SMILES string of the molecule is CCN(CC(F)(F)F)c1cc(CNC2CC2)ccn1.